The summed E-state index contributed by atoms with van der Waals surface area (Å²) in [7, 11) is -3.45. The van der Waals surface area contributed by atoms with Crippen LogP contribution in [0, 0.1) is 0 Å². The highest BCUT2D eigenvalue weighted by molar-refractivity contribution is 7.89. The van der Waals surface area contributed by atoms with Crippen LogP contribution in [-0.4, -0.2) is 30.1 Å². The van der Waals surface area contributed by atoms with Crippen LogP contribution < -0.4 is 10.0 Å². The molecular weight excluding hydrogens is 388 g/mol. The van der Waals surface area contributed by atoms with Gasteiger partial charge in [-0.3, -0.25) is 4.79 Å². The Morgan fingerprint density at radius 3 is 2.45 bits per heavy atom. The van der Waals surface area contributed by atoms with E-state index in [1.165, 1.54) is 0 Å². The number of carbonyl (C=O) groups excluding carboxylic acids is 1. The van der Waals surface area contributed by atoms with Gasteiger partial charge in [-0.15, -0.1) is 0 Å². The SMILES string of the molecule is O=C(CCc1ccc(S(=O)(=O)NC2CC2)cc1)Nc1ccn(-c2ccccc2)n1. The minimum Gasteiger partial charge on any atom is -0.309 e. The Bertz CT molecular complexity index is 1090. The molecule has 8 heteroatoms. The first-order valence-electron chi connectivity index (χ1n) is 9.52. The maximum atomic E-state index is 12.2. The number of hydrogen-bond donors (Lipinski definition) is 2. The lowest BCUT2D eigenvalue weighted by Crippen LogP contribution is -2.25. The quantitative estimate of drug-likeness (QED) is 0.597. The van der Waals surface area contributed by atoms with Crippen molar-refractivity contribution in [3.63, 3.8) is 0 Å². The summed E-state index contributed by atoms with van der Waals surface area (Å²) >= 11 is 0. The van der Waals surface area contributed by atoms with Crippen LogP contribution in [0.3, 0.4) is 0 Å². The monoisotopic (exact) mass is 410 g/mol. The molecule has 7 nitrogen and oxygen atoms in total. The van der Waals surface area contributed by atoms with E-state index in [2.05, 4.69) is 15.1 Å². The van der Waals surface area contributed by atoms with Crippen molar-refractivity contribution >= 4 is 21.7 Å². The molecule has 4 rings (SSSR count). The molecule has 1 amide bonds. The number of carbonyl (C=O) groups is 1. The van der Waals surface area contributed by atoms with Gasteiger partial charge in [0, 0.05) is 24.7 Å². The summed E-state index contributed by atoms with van der Waals surface area (Å²) in [6.45, 7) is 0. The van der Waals surface area contributed by atoms with Gasteiger partial charge in [0.05, 0.1) is 10.6 Å². The Hall–Kier alpha value is -2.97. The van der Waals surface area contributed by atoms with Crippen molar-refractivity contribution in [2.45, 2.75) is 36.6 Å². The zero-order valence-electron chi connectivity index (χ0n) is 15.8. The van der Waals surface area contributed by atoms with E-state index in [9.17, 15) is 13.2 Å². The molecule has 3 aromatic rings. The first-order valence-corrected chi connectivity index (χ1v) is 11.0. The predicted octanol–water partition coefficient (Wildman–Crippen LogP) is 2.88. The standard InChI is InChI=1S/C21H22N4O3S/c26-21(22-20-14-15-25(23-20)18-4-2-1-3-5-18)13-8-16-6-11-19(12-7-16)29(27,28)24-17-9-10-17/h1-7,11-12,14-15,17,24H,8-10,13H2,(H,22,23,26). The molecule has 0 spiro atoms. The molecule has 0 unspecified atom stereocenters. The third-order valence-corrected chi connectivity index (χ3v) is 6.19. The molecule has 1 saturated carbocycles. The van der Waals surface area contributed by atoms with Gasteiger partial charge >= 0.3 is 0 Å². The number of sulfonamides is 1. The molecule has 1 fully saturated rings. The van der Waals surface area contributed by atoms with Crippen molar-refractivity contribution in [2.24, 2.45) is 0 Å². The van der Waals surface area contributed by atoms with Crippen LogP contribution in [0.5, 0.6) is 0 Å². The van der Waals surface area contributed by atoms with E-state index in [1.807, 2.05) is 30.3 Å². The molecule has 29 heavy (non-hydrogen) atoms. The molecule has 0 atom stereocenters. The van der Waals surface area contributed by atoms with Crippen molar-refractivity contribution in [1.82, 2.24) is 14.5 Å². The first kappa shape index (κ1) is 19.4. The number of nitrogens with zero attached hydrogens (tertiary/aromatic N) is 2. The van der Waals surface area contributed by atoms with Gasteiger partial charge in [-0.2, -0.15) is 5.10 Å². The van der Waals surface area contributed by atoms with E-state index in [-0.39, 0.29) is 23.3 Å². The maximum absolute atomic E-state index is 12.2. The van der Waals surface area contributed by atoms with Gasteiger partial charge in [-0.25, -0.2) is 17.8 Å². The minimum atomic E-state index is -3.45. The van der Waals surface area contributed by atoms with Crippen LogP contribution in [0.15, 0.2) is 71.8 Å². The second kappa shape index (κ2) is 8.18. The Morgan fingerprint density at radius 1 is 1.03 bits per heavy atom. The summed E-state index contributed by atoms with van der Waals surface area (Å²) in [6.07, 6.45) is 4.39. The molecule has 0 saturated heterocycles. The van der Waals surface area contributed by atoms with Crippen molar-refractivity contribution in [1.29, 1.82) is 0 Å². The van der Waals surface area contributed by atoms with Gasteiger partial charge in [0.2, 0.25) is 15.9 Å². The zero-order chi connectivity index (χ0) is 20.3. The molecule has 0 radical (unpaired) electrons. The molecule has 150 valence electrons. The summed E-state index contributed by atoms with van der Waals surface area (Å²) in [5.74, 6) is 0.349. The minimum absolute atomic E-state index is 0.0775. The molecule has 1 heterocycles. The van der Waals surface area contributed by atoms with E-state index < -0.39 is 10.0 Å². The summed E-state index contributed by atoms with van der Waals surface area (Å²) in [4.78, 5) is 12.5. The Balaban J connectivity index is 1.30. The summed E-state index contributed by atoms with van der Waals surface area (Å²) < 4.78 is 28.7. The van der Waals surface area contributed by atoms with Gasteiger partial charge < -0.3 is 5.32 Å². The molecule has 0 bridgehead atoms. The van der Waals surface area contributed by atoms with Crippen molar-refractivity contribution in [3.05, 3.63) is 72.4 Å². The van der Waals surface area contributed by atoms with Gasteiger partial charge in [-0.05, 0) is 49.1 Å². The predicted molar refractivity (Wildman–Crippen MR) is 110 cm³/mol. The number of para-hydroxylation sites is 1. The normalized spacial score (nSPS) is 13.9. The molecule has 0 aliphatic heterocycles. The van der Waals surface area contributed by atoms with Gasteiger partial charge in [0.25, 0.3) is 0 Å². The maximum Gasteiger partial charge on any atom is 0.240 e. The molecular formula is C21H22N4O3S. The largest absolute Gasteiger partial charge is 0.309 e. The lowest BCUT2D eigenvalue weighted by Gasteiger charge is -2.07. The summed E-state index contributed by atoms with van der Waals surface area (Å²) in [5.41, 5.74) is 1.82. The Kier molecular flexibility index (Phi) is 5.46. The average Bonchev–Trinajstić information content (AvgIpc) is 3.41. The van der Waals surface area contributed by atoms with Gasteiger partial charge in [-0.1, -0.05) is 30.3 Å². The molecule has 2 N–H and O–H groups in total. The zero-order valence-corrected chi connectivity index (χ0v) is 16.6. The molecule has 2 aromatic carbocycles. The van der Waals surface area contributed by atoms with Crippen LogP contribution in [0.1, 0.15) is 24.8 Å². The molecule has 1 aliphatic carbocycles. The van der Waals surface area contributed by atoms with E-state index in [4.69, 9.17) is 0 Å². The lowest BCUT2D eigenvalue weighted by atomic mass is 10.1. The van der Waals surface area contributed by atoms with E-state index in [0.29, 0.717) is 12.2 Å². The third kappa shape index (κ3) is 5.10. The van der Waals surface area contributed by atoms with E-state index >= 15 is 0 Å². The molecule has 1 aromatic heterocycles. The first-order chi connectivity index (χ1) is 14.0. The van der Waals surface area contributed by atoms with Crippen molar-refractivity contribution < 1.29 is 13.2 Å². The molecule has 1 aliphatic rings. The lowest BCUT2D eigenvalue weighted by molar-refractivity contribution is -0.116. The van der Waals surface area contributed by atoms with E-state index in [1.54, 1.807) is 41.2 Å². The van der Waals surface area contributed by atoms with E-state index in [0.717, 1.165) is 24.1 Å². The van der Waals surface area contributed by atoms with Crippen molar-refractivity contribution in [2.75, 3.05) is 5.32 Å². The Labute approximate surface area is 169 Å². The van der Waals surface area contributed by atoms with Crippen LogP contribution in [-0.2, 0) is 21.2 Å². The number of aryl methyl sites for hydroxylation is 1. The number of nitrogens with one attached hydrogen (secondary N) is 2. The number of amides is 1. The average molecular weight is 410 g/mol. The second-order valence-corrected chi connectivity index (χ2v) is 8.78. The number of rotatable bonds is 8. The van der Waals surface area contributed by atoms with Crippen LogP contribution >= 0.6 is 0 Å². The highest BCUT2D eigenvalue weighted by atomic mass is 32.2. The van der Waals surface area contributed by atoms with Gasteiger partial charge in [0.1, 0.15) is 0 Å². The summed E-state index contributed by atoms with van der Waals surface area (Å²) in [5, 5.41) is 7.14. The highest BCUT2D eigenvalue weighted by Crippen LogP contribution is 2.22. The third-order valence-electron chi connectivity index (χ3n) is 4.65. The van der Waals surface area contributed by atoms with Crippen LogP contribution in [0.4, 0.5) is 5.82 Å². The number of benzene rings is 2. The Morgan fingerprint density at radius 2 is 1.76 bits per heavy atom. The fourth-order valence-electron chi connectivity index (χ4n) is 2.90. The number of hydrogen-bond acceptors (Lipinski definition) is 4. The van der Waals surface area contributed by atoms with Gasteiger partial charge in [0.15, 0.2) is 5.82 Å². The highest BCUT2D eigenvalue weighted by Gasteiger charge is 2.27. The number of aromatic nitrogens is 2. The summed E-state index contributed by atoms with van der Waals surface area (Å²) in [6, 6.07) is 18.1. The van der Waals surface area contributed by atoms with Crippen LogP contribution in [0.25, 0.3) is 5.69 Å². The fraction of sp³-hybridized carbons (Fsp3) is 0.238. The topological polar surface area (TPSA) is 93.1 Å². The second-order valence-electron chi connectivity index (χ2n) is 7.07. The smallest absolute Gasteiger partial charge is 0.240 e. The fourth-order valence-corrected chi connectivity index (χ4v) is 4.21. The number of anilines is 1. The van der Waals surface area contributed by atoms with Crippen LogP contribution in [0.2, 0.25) is 0 Å². The van der Waals surface area contributed by atoms with Crippen molar-refractivity contribution in [3.8, 4) is 5.69 Å².